The number of carbonyl (C=O) groups excluding carboxylic acids is 1. The van der Waals surface area contributed by atoms with Gasteiger partial charge in [0.1, 0.15) is 5.69 Å². The van der Waals surface area contributed by atoms with Gasteiger partial charge in [-0.25, -0.2) is 0 Å². The molecule has 0 aliphatic carbocycles. The molecule has 5 heteroatoms. The number of anilines is 1. The first-order valence-electron chi connectivity index (χ1n) is 7.73. The van der Waals surface area contributed by atoms with Gasteiger partial charge < -0.3 is 5.32 Å². The Labute approximate surface area is 139 Å². The summed E-state index contributed by atoms with van der Waals surface area (Å²) < 4.78 is 1.22. The molecule has 0 bridgehead atoms. The maximum absolute atomic E-state index is 12.4. The predicted octanol–water partition coefficient (Wildman–Crippen LogP) is 3.05. The molecule has 3 aromatic rings. The predicted molar refractivity (Wildman–Crippen MR) is 93.6 cm³/mol. The molecule has 0 saturated carbocycles. The van der Waals surface area contributed by atoms with Crippen LogP contribution in [0.3, 0.4) is 0 Å². The lowest BCUT2D eigenvalue weighted by Crippen LogP contribution is -2.24. The molecule has 0 radical (unpaired) electrons. The van der Waals surface area contributed by atoms with Gasteiger partial charge in [-0.2, -0.15) is 9.78 Å². The Bertz CT molecular complexity index is 900. The average molecular weight is 319 g/mol. The minimum Gasteiger partial charge on any atom is -0.321 e. The van der Waals surface area contributed by atoms with Crippen LogP contribution < -0.4 is 10.9 Å². The molecule has 0 saturated heterocycles. The van der Waals surface area contributed by atoms with Gasteiger partial charge in [0.15, 0.2) is 0 Å². The van der Waals surface area contributed by atoms with E-state index in [4.69, 9.17) is 0 Å². The zero-order chi connectivity index (χ0) is 16.9. The number of nitrogens with zero attached hydrogens (tertiary/aromatic N) is 2. The van der Waals surface area contributed by atoms with Crippen LogP contribution >= 0.6 is 0 Å². The van der Waals surface area contributed by atoms with Gasteiger partial charge in [0.05, 0.1) is 5.69 Å². The van der Waals surface area contributed by atoms with Crippen molar-refractivity contribution in [2.75, 3.05) is 5.32 Å². The molecule has 5 nitrogen and oxygen atoms in total. The molecule has 2 aromatic carbocycles. The van der Waals surface area contributed by atoms with Crippen molar-refractivity contribution in [3.8, 4) is 5.69 Å². The molecule has 0 atom stereocenters. The van der Waals surface area contributed by atoms with Gasteiger partial charge in [0.25, 0.3) is 11.5 Å². The SMILES string of the molecule is CCc1ccc(NC(=O)c2ccc(=O)n(-c3ccccc3)n2)cc1. The number of carbonyl (C=O) groups is 1. The summed E-state index contributed by atoms with van der Waals surface area (Å²) in [6.07, 6.45) is 0.942. The van der Waals surface area contributed by atoms with Gasteiger partial charge in [0, 0.05) is 11.8 Å². The number of aryl methyl sites for hydroxylation is 1. The van der Waals surface area contributed by atoms with Gasteiger partial charge in [-0.05, 0) is 42.3 Å². The number of hydrogen-bond acceptors (Lipinski definition) is 3. The third-order valence-electron chi connectivity index (χ3n) is 3.65. The van der Waals surface area contributed by atoms with Crippen molar-refractivity contribution in [3.63, 3.8) is 0 Å². The van der Waals surface area contributed by atoms with E-state index in [0.717, 1.165) is 6.42 Å². The van der Waals surface area contributed by atoms with Crippen LogP contribution in [-0.4, -0.2) is 15.7 Å². The van der Waals surface area contributed by atoms with Gasteiger partial charge in [-0.15, -0.1) is 0 Å². The van der Waals surface area contributed by atoms with Crippen molar-refractivity contribution in [1.82, 2.24) is 9.78 Å². The lowest BCUT2D eigenvalue weighted by atomic mass is 10.1. The Balaban J connectivity index is 1.86. The van der Waals surface area contributed by atoms with Crippen molar-refractivity contribution < 1.29 is 4.79 Å². The average Bonchev–Trinajstić information content (AvgIpc) is 2.63. The quantitative estimate of drug-likeness (QED) is 0.804. The van der Waals surface area contributed by atoms with Crippen LogP contribution in [0.4, 0.5) is 5.69 Å². The van der Waals surface area contributed by atoms with Crippen LogP contribution in [0, 0.1) is 0 Å². The monoisotopic (exact) mass is 319 g/mol. The highest BCUT2D eigenvalue weighted by Crippen LogP contribution is 2.11. The Kier molecular flexibility index (Phi) is 4.52. The first-order valence-corrected chi connectivity index (χ1v) is 7.73. The first-order chi connectivity index (χ1) is 11.7. The fraction of sp³-hybridized carbons (Fsp3) is 0.105. The summed E-state index contributed by atoms with van der Waals surface area (Å²) in [5, 5.41) is 6.96. The summed E-state index contributed by atoms with van der Waals surface area (Å²) in [5.41, 5.74) is 2.40. The summed E-state index contributed by atoms with van der Waals surface area (Å²) in [4.78, 5) is 24.4. The van der Waals surface area contributed by atoms with Crippen LogP contribution in [-0.2, 0) is 6.42 Å². The highest BCUT2D eigenvalue weighted by Gasteiger charge is 2.11. The van der Waals surface area contributed by atoms with E-state index in [1.54, 1.807) is 12.1 Å². The van der Waals surface area contributed by atoms with E-state index in [1.807, 2.05) is 42.5 Å². The fourth-order valence-electron chi connectivity index (χ4n) is 2.31. The van der Waals surface area contributed by atoms with Crippen LogP contribution in [0.15, 0.2) is 71.5 Å². The topological polar surface area (TPSA) is 64.0 Å². The highest BCUT2D eigenvalue weighted by atomic mass is 16.2. The molecule has 1 aromatic heterocycles. The second-order valence-electron chi connectivity index (χ2n) is 5.31. The molecule has 0 aliphatic rings. The third-order valence-corrected chi connectivity index (χ3v) is 3.65. The van der Waals surface area contributed by atoms with E-state index >= 15 is 0 Å². The van der Waals surface area contributed by atoms with Crippen molar-refractivity contribution in [2.45, 2.75) is 13.3 Å². The molecule has 0 unspecified atom stereocenters. The number of nitrogens with one attached hydrogen (secondary N) is 1. The van der Waals surface area contributed by atoms with E-state index in [-0.39, 0.29) is 17.2 Å². The zero-order valence-electron chi connectivity index (χ0n) is 13.3. The van der Waals surface area contributed by atoms with Crippen molar-refractivity contribution in [1.29, 1.82) is 0 Å². The number of hydrogen-bond donors (Lipinski definition) is 1. The number of benzene rings is 2. The Morgan fingerprint density at radius 3 is 2.38 bits per heavy atom. The van der Waals surface area contributed by atoms with Crippen molar-refractivity contribution >= 4 is 11.6 Å². The Morgan fingerprint density at radius 1 is 1.00 bits per heavy atom. The molecule has 1 heterocycles. The molecule has 0 fully saturated rings. The summed E-state index contributed by atoms with van der Waals surface area (Å²) in [6.45, 7) is 2.07. The minimum absolute atomic E-state index is 0.179. The normalized spacial score (nSPS) is 10.4. The number of amides is 1. The molecule has 0 spiro atoms. The van der Waals surface area contributed by atoms with E-state index in [2.05, 4.69) is 17.3 Å². The largest absolute Gasteiger partial charge is 0.321 e. The van der Waals surface area contributed by atoms with E-state index in [1.165, 1.54) is 22.4 Å². The van der Waals surface area contributed by atoms with Crippen LogP contribution in [0.2, 0.25) is 0 Å². The lowest BCUT2D eigenvalue weighted by molar-refractivity contribution is 0.102. The van der Waals surface area contributed by atoms with Gasteiger partial charge in [-0.3, -0.25) is 9.59 Å². The smallest absolute Gasteiger partial charge is 0.276 e. The van der Waals surface area contributed by atoms with Crippen LogP contribution in [0.5, 0.6) is 0 Å². The number of rotatable bonds is 4. The van der Waals surface area contributed by atoms with E-state index in [9.17, 15) is 9.59 Å². The number of aromatic nitrogens is 2. The van der Waals surface area contributed by atoms with Crippen LogP contribution in [0.25, 0.3) is 5.69 Å². The lowest BCUT2D eigenvalue weighted by Gasteiger charge is -2.08. The highest BCUT2D eigenvalue weighted by molar-refractivity contribution is 6.02. The molecule has 1 amide bonds. The summed E-state index contributed by atoms with van der Waals surface area (Å²) >= 11 is 0. The van der Waals surface area contributed by atoms with Gasteiger partial charge >= 0.3 is 0 Å². The molecule has 120 valence electrons. The molecule has 24 heavy (non-hydrogen) atoms. The fourth-order valence-corrected chi connectivity index (χ4v) is 2.31. The van der Waals surface area contributed by atoms with Gasteiger partial charge in [-0.1, -0.05) is 37.3 Å². The van der Waals surface area contributed by atoms with E-state index in [0.29, 0.717) is 11.4 Å². The maximum atomic E-state index is 12.4. The molecule has 1 N–H and O–H groups in total. The van der Waals surface area contributed by atoms with Crippen molar-refractivity contribution in [2.24, 2.45) is 0 Å². The van der Waals surface area contributed by atoms with Crippen LogP contribution in [0.1, 0.15) is 23.0 Å². The standard InChI is InChI=1S/C19H17N3O2/c1-2-14-8-10-15(11-9-14)20-19(24)17-12-13-18(23)22(21-17)16-6-4-3-5-7-16/h3-13H,2H2,1H3,(H,20,24). The summed E-state index contributed by atoms with van der Waals surface area (Å²) in [7, 11) is 0. The van der Waals surface area contributed by atoms with E-state index < -0.39 is 0 Å². The first kappa shape index (κ1) is 15.7. The third kappa shape index (κ3) is 3.41. The second-order valence-corrected chi connectivity index (χ2v) is 5.31. The number of para-hydroxylation sites is 1. The Hall–Kier alpha value is -3.21. The Morgan fingerprint density at radius 2 is 1.71 bits per heavy atom. The van der Waals surface area contributed by atoms with Crippen molar-refractivity contribution in [3.05, 3.63) is 88.3 Å². The molecule has 3 rings (SSSR count). The maximum Gasteiger partial charge on any atom is 0.276 e. The zero-order valence-corrected chi connectivity index (χ0v) is 13.3. The molecule has 0 aliphatic heterocycles. The summed E-state index contributed by atoms with van der Waals surface area (Å²) in [6, 6.07) is 19.4. The van der Waals surface area contributed by atoms with Gasteiger partial charge in [0.2, 0.25) is 0 Å². The summed E-state index contributed by atoms with van der Waals surface area (Å²) in [5.74, 6) is -0.357. The molecular formula is C19H17N3O2. The second kappa shape index (κ2) is 6.91. The minimum atomic E-state index is -0.357. The molecular weight excluding hydrogens is 302 g/mol.